The first-order chi connectivity index (χ1) is 12.7. The Morgan fingerprint density at radius 2 is 2.00 bits per heavy atom. The molecule has 6 heteroatoms. The lowest BCUT2D eigenvalue weighted by atomic mass is 9.98. The molecule has 1 fully saturated rings. The first kappa shape index (κ1) is 18.4. The molecule has 0 saturated carbocycles. The molecule has 2 N–H and O–H groups in total. The van der Waals surface area contributed by atoms with E-state index in [1.165, 1.54) is 12.1 Å². The van der Waals surface area contributed by atoms with Crippen molar-refractivity contribution in [3.05, 3.63) is 65.5 Å². The minimum Gasteiger partial charge on any atom is -0.497 e. The van der Waals surface area contributed by atoms with E-state index in [9.17, 15) is 9.18 Å². The molecule has 138 valence electrons. The molecular weight excluding hydrogens is 335 g/mol. The highest BCUT2D eigenvalue weighted by atomic mass is 19.1. The normalized spacial score (nSPS) is 18.2. The summed E-state index contributed by atoms with van der Waals surface area (Å²) >= 11 is 0. The van der Waals surface area contributed by atoms with E-state index in [0.717, 1.165) is 23.4 Å². The molecule has 1 aliphatic heterocycles. The fourth-order valence-electron chi connectivity index (χ4n) is 2.94. The van der Waals surface area contributed by atoms with Gasteiger partial charge in [0.1, 0.15) is 17.7 Å². The number of amides is 1. The van der Waals surface area contributed by atoms with Gasteiger partial charge < -0.3 is 20.1 Å². The highest BCUT2D eigenvalue weighted by Gasteiger charge is 2.25. The molecule has 0 bridgehead atoms. The van der Waals surface area contributed by atoms with Crippen molar-refractivity contribution in [3.8, 4) is 5.75 Å². The Hall–Kier alpha value is -2.44. The van der Waals surface area contributed by atoms with Crippen LogP contribution in [0.2, 0.25) is 0 Å². The number of hydrogen-bond donors (Lipinski definition) is 2. The van der Waals surface area contributed by atoms with Crippen LogP contribution < -0.4 is 15.4 Å². The van der Waals surface area contributed by atoms with Gasteiger partial charge in [-0.15, -0.1) is 0 Å². The molecule has 0 aliphatic carbocycles. The summed E-state index contributed by atoms with van der Waals surface area (Å²) in [6, 6.07) is 13.6. The molecule has 3 rings (SSSR count). The molecule has 2 aromatic rings. The van der Waals surface area contributed by atoms with E-state index < -0.39 is 6.10 Å². The number of carbonyl (C=O) groups is 1. The third-order valence-corrected chi connectivity index (χ3v) is 4.41. The van der Waals surface area contributed by atoms with Crippen molar-refractivity contribution >= 4 is 5.91 Å². The van der Waals surface area contributed by atoms with Crippen LogP contribution in [0.4, 0.5) is 4.39 Å². The van der Waals surface area contributed by atoms with Crippen molar-refractivity contribution in [3.63, 3.8) is 0 Å². The fraction of sp³-hybridized carbons (Fsp3) is 0.350. The van der Waals surface area contributed by atoms with Gasteiger partial charge in [0.2, 0.25) is 0 Å². The second kappa shape index (κ2) is 8.78. The van der Waals surface area contributed by atoms with Crippen molar-refractivity contribution in [2.24, 2.45) is 0 Å². The Bertz CT molecular complexity index is 713. The number of hydrogen-bond acceptors (Lipinski definition) is 4. The zero-order valence-electron chi connectivity index (χ0n) is 14.7. The number of halogens is 1. The van der Waals surface area contributed by atoms with Crippen molar-refractivity contribution in [2.75, 3.05) is 26.8 Å². The number of rotatable bonds is 6. The summed E-state index contributed by atoms with van der Waals surface area (Å²) in [5.41, 5.74) is 1.89. The van der Waals surface area contributed by atoms with E-state index in [0.29, 0.717) is 19.6 Å². The fourth-order valence-corrected chi connectivity index (χ4v) is 2.94. The summed E-state index contributed by atoms with van der Waals surface area (Å²) in [5, 5.41) is 6.22. The molecule has 0 radical (unpaired) electrons. The molecule has 1 aliphatic rings. The average molecular weight is 358 g/mol. The van der Waals surface area contributed by atoms with Crippen LogP contribution in [0, 0.1) is 5.82 Å². The Balaban J connectivity index is 1.77. The summed E-state index contributed by atoms with van der Waals surface area (Å²) in [4.78, 5) is 12.6. The third-order valence-electron chi connectivity index (χ3n) is 4.41. The highest BCUT2D eigenvalue weighted by molar-refractivity contribution is 5.81. The zero-order chi connectivity index (χ0) is 18.4. The van der Waals surface area contributed by atoms with Crippen molar-refractivity contribution in [2.45, 2.75) is 18.6 Å². The molecule has 2 unspecified atom stereocenters. The monoisotopic (exact) mass is 358 g/mol. The number of benzene rings is 2. The molecule has 1 saturated heterocycles. The topological polar surface area (TPSA) is 59.6 Å². The summed E-state index contributed by atoms with van der Waals surface area (Å²) in [6.07, 6.45) is 0.0520. The Kier molecular flexibility index (Phi) is 6.20. The maximum atomic E-state index is 13.2. The van der Waals surface area contributed by atoms with Gasteiger partial charge in [-0.25, -0.2) is 4.39 Å². The predicted octanol–water partition coefficient (Wildman–Crippen LogP) is 2.22. The highest BCUT2D eigenvalue weighted by Crippen LogP contribution is 2.22. The molecule has 0 aromatic heterocycles. The van der Waals surface area contributed by atoms with Gasteiger partial charge in [-0.3, -0.25) is 4.79 Å². The third kappa shape index (κ3) is 4.80. The van der Waals surface area contributed by atoms with Crippen LogP contribution in [-0.4, -0.2) is 38.8 Å². The van der Waals surface area contributed by atoms with E-state index >= 15 is 0 Å². The lowest BCUT2D eigenvalue weighted by Gasteiger charge is -2.26. The van der Waals surface area contributed by atoms with Gasteiger partial charge in [-0.1, -0.05) is 24.3 Å². The van der Waals surface area contributed by atoms with Crippen LogP contribution in [0.3, 0.4) is 0 Å². The van der Waals surface area contributed by atoms with E-state index in [4.69, 9.17) is 9.47 Å². The van der Waals surface area contributed by atoms with Crippen LogP contribution in [0.15, 0.2) is 48.5 Å². The summed E-state index contributed by atoms with van der Waals surface area (Å²) in [6.45, 7) is 1.77. The average Bonchev–Trinajstić information content (AvgIpc) is 2.70. The van der Waals surface area contributed by atoms with Crippen LogP contribution >= 0.6 is 0 Å². The first-order valence-electron chi connectivity index (χ1n) is 8.67. The quantitative estimate of drug-likeness (QED) is 0.831. The zero-order valence-corrected chi connectivity index (χ0v) is 14.7. The molecular formula is C20H23FN2O3. The van der Waals surface area contributed by atoms with E-state index in [1.807, 2.05) is 24.3 Å². The van der Waals surface area contributed by atoms with Crippen molar-refractivity contribution in [1.82, 2.24) is 10.6 Å². The van der Waals surface area contributed by atoms with Crippen LogP contribution in [0.1, 0.15) is 17.2 Å². The Labute approximate surface area is 152 Å². The van der Waals surface area contributed by atoms with Gasteiger partial charge >= 0.3 is 0 Å². The van der Waals surface area contributed by atoms with Gasteiger partial charge in [-0.2, -0.15) is 0 Å². The standard InChI is InChI=1S/C20H23FN2O3/c1-25-17-8-4-15(5-9-17)18(12-14-2-6-16(21)7-3-14)23-20(24)19-13-22-10-11-26-19/h2-9,18-19,22H,10-13H2,1H3,(H,23,24). The number of ether oxygens (including phenoxy) is 2. The number of nitrogens with one attached hydrogen (secondary N) is 2. The largest absolute Gasteiger partial charge is 0.497 e. The summed E-state index contributed by atoms with van der Waals surface area (Å²) in [5.74, 6) is 0.320. The number of carbonyl (C=O) groups excluding carboxylic acids is 1. The number of methoxy groups -OCH3 is 1. The Morgan fingerprint density at radius 1 is 1.27 bits per heavy atom. The second-order valence-corrected chi connectivity index (χ2v) is 6.23. The van der Waals surface area contributed by atoms with Crippen LogP contribution in [-0.2, 0) is 16.0 Å². The van der Waals surface area contributed by atoms with Crippen molar-refractivity contribution < 1.29 is 18.7 Å². The maximum Gasteiger partial charge on any atom is 0.250 e. The first-order valence-corrected chi connectivity index (χ1v) is 8.67. The minimum absolute atomic E-state index is 0.153. The van der Waals surface area contributed by atoms with Crippen LogP contribution in [0.25, 0.3) is 0 Å². The molecule has 26 heavy (non-hydrogen) atoms. The van der Waals surface area contributed by atoms with Gasteiger partial charge in [0.15, 0.2) is 0 Å². The van der Waals surface area contributed by atoms with E-state index in [-0.39, 0.29) is 17.8 Å². The number of morpholine rings is 1. The molecule has 2 atom stereocenters. The summed E-state index contributed by atoms with van der Waals surface area (Å²) in [7, 11) is 1.61. The van der Waals surface area contributed by atoms with Gasteiger partial charge in [0.05, 0.1) is 19.8 Å². The minimum atomic E-state index is -0.502. The smallest absolute Gasteiger partial charge is 0.250 e. The molecule has 1 amide bonds. The van der Waals surface area contributed by atoms with Gasteiger partial charge in [0, 0.05) is 13.1 Å². The maximum absolute atomic E-state index is 13.2. The van der Waals surface area contributed by atoms with Crippen LogP contribution in [0.5, 0.6) is 5.75 Å². The van der Waals surface area contributed by atoms with Gasteiger partial charge in [0.25, 0.3) is 5.91 Å². The lowest BCUT2D eigenvalue weighted by Crippen LogP contribution is -2.48. The van der Waals surface area contributed by atoms with Crippen molar-refractivity contribution in [1.29, 1.82) is 0 Å². The molecule has 0 spiro atoms. The van der Waals surface area contributed by atoms with E-state index in [2.05, 4.69) is 10.6 Å². The molecule has 1 heterocycles. The SMILES string of the molecule is COc1ccc(C(Cc2ccc(F)cc2)NC(=O)C2CNCCO2)cc1. The Morgan fingerprint density at radius 3 is 2.62 bits per heavy atom. The summed E-state index contributed by atoms with van der Waals surface area (Å²) < 4.78 is 23.9. The van der Waals surface area contributed by atoms with Gasteiger partial charge in [-0.05, 0) is 41.8 Å². The predicted molar refractivity (Wildman–Crippen MR) is 96.6 cm³/mol. The molecule has 5 nitrogen and oxygen atoms in total. The van der Waals surface area contributed by atoms with E-state index in [1.54, 1.807) is 19.2 Å². The molecule has 2 aromatic carbocycles. The lowest BCUT2D eigenvalue weighted by molar-refractivity contribution is -0.135. The second-order valence-electron chi connectivity index (χ2n) is 6.23.